The third-order valence-electron chi connectivity index (χ3n) is 3.54. The van der Waals surface area contributed by atoms with Crippen LogP contribution < -0.4 is 15.1 Å². The van der Waals surface area contributed by atoms with Gasteiger partial charge in [-0.05, 0) is 43.7 Å². The fourth-order valence-electron chi connectivity index (χ4n) is 2.24. The molecule has 24 heavy (non-hydrogen) atoms. The van der Waals surface area contributed by atoms with E-state index >= 15 is 0 Å². The molecule has 126 valence electrons. The zero-order chi connectivity index (χ0) is 17.2. The third-order valence-corrected chi connectivity index (χ3v) is 3.54. The first-order valence-corrected chi connectivity index (χ1v) is 8.07. The molecule has 0 saturated carbocycles. The van der Waals surface area contributed by atoms with Gasteiger partial charge < -0.3 is 9.64 Å². The number of carbonyl (C=O) groups is 1. The summed E-state index contributed by atoms with van der Waals surface area (Å²) in [6, 6.07) is 17.3. The van der Waals surface area contributed by atoms with Crippen LogP contribution in [0.5, 0.6) is 5.75 Å². The molecule has 2 aromatic rings. The predicted octanol–water partition coefficient (Wildman–Crippen LogP) is 3.06. The maximum Gasteiger partial charge on any atom is 0.277 e. The van der Waals surface area contributed by atoms with E-state index in [4.69, 9.17) is 4.74 Å². The van der Waals surface area contributed by atoms with Crippen molar-refractivity contribution in [3.63, 3.8) is 0 Å². The van der Waals surface area contributed by atoms with E-state index in [1.165, 1.54) is 5.69 Å². The van der Waals surface area contributed by atoms with Gasteiger partial charge >= 0.3 is 0 Å². The molecular weight excluding hydrogens is 302 g/mol. The lowest BCUT2D eigenvalue weighted by molar-refractivity contribution is -0.123. The quantitative estimate of drug-likeness (QED) is 0.599. The summed E-state index contributed by atoms with van der Waals surface area (Å²) >= 11 is 0. The van der Waals surface area contributed by atoms with E-state index in [1.807, 2.05) is 30.3 Å². The minimum absolute atomic E-state index is 0.0672. The number of hydrogen-bond acceptors (Lipinski definition) is 4. The molecule has 0 aliphatic heterocycles. The summed E-state index contributed by atoms with van der Waals surface area (Å²) < 4.78 is 5.35. The van der Waals surface area contributed by atoms with Crippen molar-refractivity contribution >= 4 is 17.8 Å². The minimum Gasteiger partial charge on any atom is -0.484 e. The maximum absolute atomic E-state index is 11.7. The summed E-state index contributed by atoms with van der Waals surface area (Å²) in [4.78, 5) is 13.9. The van der Waals surface area contributed by atoms with Gasteiger partial charge in [-0.3, -0.25) is 4.79 Å². The number of anilines is 1. The van der Waals surface area contributed by atoms with Crippen molar-refractivity contribution in [2.45, 2.75) is 13.8 Å². The normalized spacial score (nSPS) is 10.6. The van der Waals surface area contributed by atoms with Crippen LogP contribution in [0.4, 0.5) is 5.69 Å². The van der Waals surface area contributed by atoms with E-state index in [0.29, 0.717) is 5.75 Å². The van der Waals surface area contributed by atoms with Crippen molar-refractivity contribution in [2.75, 3.05) is 24.6 Å². The Morgan fingerprint density at radius 1 is 1.08 bits per heavy atom. The molecule has 0 aliphatic rings. The molecule has 0 aliphatic carbocycles. The highest BCUT2D eigenvalue weighted by Gasteiger charge is 2.02. The smallest absolute Gasteiger partial charge is 0.277 e. The number of rotatable bonds is 8. The minimum atomic E-state index is -0.296. The SMILES string of the molecule is CCN(CC)c1ccc(/C=N/NC(=O)COc2ccccc2)cc1. The first kappa shape index (κ1) is 17.5. The number of nitrogens with one attached hydrogen (secondary N) is 1. The zero-order valence-electron chi connectivity index (χ0n) is 14.1. The van der Waals surface area contributed by atoms with E-state index in [-0.39, 0.29) is 12.5 Å². The molecule has 5 nitrogen and oxygen atoms in total. The first-order valence-electron chi connectivity index (χ1n) is 8.07. The van der Waals surface area contributed by atoms with Gasteiger partial charge in [0, 0.05) is 18.8 Å². The van der Waals surface area contributed by atoms with Gasteiger partial charge in [0.25, 0.3) is 5.91 Å². The van der Waals surface area contributed by atoms with Gasteiger partial charge in [0.2, 0.25) is 0 Å². The number of amides is 1. The van der Waals surface area contributed by atoms with Crippen molar-refractivity contribution in [3.05, 3.63) is 60.2 Å². The molecule has 0 saturated heterocycles. The Labute approximate surface area is 142 Å². The summed E-state index contributed by atoms with van der Waals surface area (Å²) in [7, 11) is 0. The molecule has 0 radical (unpaired) electrons. The summed E-state index contributed by atoms with van der Waals surface area (Å²) in [5.41, 5.74) is 4.56. The topological polar surface area (TPSA) is 53.9 Å². The second-order valence-electron chi connectivity index (χ2n) is 5.16. The molecule has 0 unspecified atom stereocenters. The number of benzene rings is 2. The molecule has 0 bridgehead atoms. The van der Waals surface area contributed by atoms with Crippen molar-refractivity contribution in [2.24, 2.45) is 5.10 Å². The van der Waals surface area contributed by atoms with Crippen LogP contribution in [0, 0.1) is 0 Å². The monoisotopic (exact) mass is 325 g/mol. The third kappa shape index (κ3) is 5.43. The number of hydrogen-bond donors (Lipinski definition) is 1. The molecule has 0 spiro atoms. The van der Waals surface area contributed by atoms with Crippen molar-refractivity contribution < 1.29 is 9.53 Å². The molecule has 1 amide bonds. The molecule has 1 N–H and O–H groups in total. The molecule has 5 heteroatoms. The van der Waals surface area contributed by atoms with Crippen molar-refractivity contribution in [1.29, 1.82) is 0 Å². The van der Waals surface area contributed by atoms with Crippen LogP contribution in [0.2, 0.25) is 0 Å². The molecule has 0 aromatic heterocycles. The summed E-state index contributed by atoms with van der Waals surface area (Å²) in [5.74, 6) is 0.360. The van der Waals surface area contributed by atoms with Crippen LogP contribution in [-0.4, -0.2) is 31.8 Å². The number of ether oxygens (including phenoxy) is 1. The number of para-hydroxylation sites is 1. The van der Waals surface area contributed by atoms with E-state index in [1.54, 1.807) is 18.3 Å². The summed E-state index contributed by atoms with van der Waals surface area (Å²) in [6.07, 6.45) is 1.62. The van der Waals surface area contributed by atoms with Crippen LogP contribution >= 0.6 is 0 Å². The van der Waals surface area contributed by atoms with Gasteiger partial charge in [0.15, 0.2) is 6.61 Å². The lowest BCUT2D eigenvalue weighted by atomic mass is 10.2. The average Bonchev–Trinajstić information content (AvgIpc) is 2.63. The molecular formula is C19H23N3O2. The van der Waals surface area contributed by atoms with Gasteiger partial charge in [-0.25, -0.2) is 5.43 Å². The predicted molar refractivity (Wildman–Crippen MR) is 97.7 cm³/mol. The van der Waals surface area contributed by atoms with Crippen LogP contribution in [0.1, 0.15) is 19.4 Å². The van der Waals surface area contributed by atoms with Crippen LogP contribution in [0.25, 0.3) is 0 Å². The second kappa shape index (κ2) is 9.35. The highest BCUT2D eigenvalue weighted by atomic mass is 16.5. The van der Waals surface area contributed by atoms with Gasteiger partial charge in [-0.2, -0.15) is 5.10 Å². The van der Waals surface area contributed by atoms with E-state index in [9.17, 15) is 4.79 Å². The summed E-state index contributed by atoms with van der Waals surface area (Å²) in [6.45, 7) is 6.14. The Morgan fingerprint density at radius 2 is 1.75 bits per heavy atom. The highest BCUT2D eigenvalue weighted by molar-refractivity contribution is 5.83. The fourth-order valence-corrected chi connectivity index (χ4v) is 2.24. The fraction of sp³-hybridized carbons (Fsp3) is 0.263. The van der Waals surface area contributed by atoms with Crippen molar-refractivity contribution in [3.8, 4) is 5.75 Å². The maximum atomic E-state index is 11.7. The number of nitrogens with zero attached hydrogens (tertiary/aromatic N) is 2. The second-order valence-corrected chi connectivity index (χ2v) is 5.16. The molecule has 2 rings (SSSR count). The molecule has 2 aromatic carbocycles. The number of hydrazone groups is 1. The molecule has 0 heterocycles. The van der Waals surface area contributed by atoms with E-state index in [2.05, 4.69) is 41.4 Å². The van der Waals surface area contributed by atoms with Crippen LogP contribution in [0.3, 0.4) is 0 Å². The lowest BCUT2D eigenvalue weighted by Gasteiger charge is -2.20. The van der Waals surface area contributed by atoms with Gasteiger partial charge in [-0.15, -0.1) is 0 Å². The van der Waals surface area contributed by atoms with Crippen molar-refractivity contribution in [1.82, 2.24) is 5.43 Å². The van der Waals surface area contributed by atoms with Crippen LogP contribution in [-0.2, 0) is 4.79 Å². The van der Waals surface area contributed by atoms with E-state index in [0.717, 1.165) is 18.7 Å². The standard InChI is InChI=1S/C19H23N3O2/c1-3-22(4-2)17-12-10-16(11-13-17)14-20-21-19(23)15-24-18-8-6-5-7-9-18/h5-14H,3-4,15H2,1-2H3,(H,21,23)/b20-14+. The average molecular weight is 325 g/mol. The van der Waals surface area contributed by atoms with Gasteiger partial charge in [0.1, 0.15) is 5.75 Å². The van der Waals surface area contributed by atoms with Gasteiger partial charge in [-0.1, -0.05) is 30.3 Å². The molecule has 0 atom stereocenters. The Balaban J connectivity index is 1.79. The lowest BCUT2D eigenvalue weighted by Crippen LogP contribution is -2.24. The highest BCUT2D eigenvalue weighted by Crippen LogP contribution is 2.14. The Bertz CT molecular complexity index is 650. The zero-order valence-corrected chi connectivity index (χ0v) is 14.1. The largest absolute Gasteiger partial charge is 0.484 e. The number of carbonyl (C=O) groups excluding carboxylic acids is 1. The van der Waals surface area contributed by atoms with Gasteiger partial charge in [0.05, 0.1) is 6.21 Å². The Kier molecular flexibility index (Phi) is 6.83. The summed E-state index contributed by atoms with van der Waals surface area (Å²) in [5, 5.41) is 3.95. The molecule has 0 fully saturated rings. The van der Waals surface area contributed by atoms with E-state index < -0.39 is 0 Å². The first-order chi connectivity index (χ1) is 11.7. The Morgan fingerprint density at radius 3 is 2.38 bits per heavy atom. The Hall–Kier alpha value is -2.82. The van der Waals surface area contributed by atoms with Crippen LogP contribution in [0.15, 0.2) is 59.7 Å².